The third kappa shape index (κ3) is 3.07. The third-order valence-corrected chi connectivity index (χ3v) is 8.81. The molecular formula is C22H26FN2O5P. The molecule has 4 bridgehead atoms. The zero-order chi connectivity index (χ0) is 21.6. The van der Waals surface area contributed by atoms with Crippen LogP contribution in [0.2, 0.25) is 0 Å². The van der Waals surface area contributed by atoms with Crippen molar-refractivity contribution in [3.05, 3.63) is 42.1 Å². The maximum atomic E-state index is 14.8. The Morgan fingerprint density at radius 2 is 2.00 bits per heavy atom. The fourth-order valence-electron chi connectivity index (χ4n) is 7.69. The summed E-state index contributed by atoms with van der Waals surface area (Å²) in [7, 11) is -4.63. The van der Waals surface area contributed by atoms with Gasteiger partial charge in [0.05, 0.1) is 36.0 Å². The minimum atomic E-state index is -4.63. The van der Waals surface area contributed by atoms with Crippen molar-refractivity contribution in [3.8, 4) is 11.3 Å². The first-order chi connectivity index (χ1) is 14.7. The second-order valence-electron chi connectivity index (χ2n) is 10.2. The molecule has 4 aliphatic carbocycles. The minimum absolute atomic E-state index is 0.287. The van der Waals surface area contributed by atoms with Crippen molar-refractivity contribution in [2.45, 2.75) is 62.7 Å². The largest absolute Gasteiger partial charge is 0.470 e. The molecule has 2 aromatic rings. The molecule has 7 rings (SSSR count). The summed E-state index contributed by atoms with van der Waals surface area (Å²) in [5, 5.41) is 11.6. The van der Waals surface area contributed by atoms with Gasteiger partial charge in [0.15, 0.2) is 0 Å². The van der Waals surface area contributed by atoms with Crippen molar-refractivity contribution >= 4 is 7.82 Å². The van der Waals surface area contributed by atoms with Gasteiger partial charge in [0.25, 0.3) is 0 Å². The number of phosphoric acid groups is 1. The number of aromatic nitrogens is 2. The lowest BCUT2D eigenvalue weighted by atomic mass is 9.46. The van der Waals surface area contributed by atoms with Gasteiger partial charge in [-0.25, -0.2) is 13.9 Å². The van der Waals surface area contributed by atoms with E-state index in [0.29, 0.717) is 43.1 Å². The highest BCUT2D eigenvalue weighted by atomic mass is 31.2. The molecule has 1 aromatic carbocycles. The Balaban J connectivity index is 1.33. The monoisotopic (exact) mass is 448 g/mol. The summed E-state index contributed by atoms with van der Waals surface area (Å²) in [6, 6.07) is 4.67. The number of benzene rings is 1. The number of phosphoric ester groups is 1. The normalized spacial score (nSPS) is 36.5. The van der Waals surface area contributed by atoms with Crippen LogP contribution >= 0.6 is 7.82 Å². The topological polar surface area (TPSA) is 105 Å². The molecule has 0 radical (unpaired) electrons. The first-order valence-corrected chi connectivity index (χ1v) is 12.5. The van der Waals surface area contributed by atoms with E-state index in [9.17, 15) is 23.8 Å². The van der Waals surface area contributed by atoms with Crippen molar-refractivity contribution in [1.29, 1.82) is 0 Å². The molecule has 7 nitrogen and oxygen atoms in total. The van der Waals surface area contributed by atoms with Crippen molar-refractivity contribution in [3.63, 3.8) is 0 Å². The number of aliphatic hydroxyl groups is 1. The molecule has 0 spiro atoms. The Bertz CT molecular complexity index is 1080. The van der Waals surface area contributed by atoms with Gasteiger partial charge in [-0.15, -0.1) is 0 Å². The summed E-state index contributed by atoms with van der Waals surface area (Å²) < 4.78 is 33.8. The highest BCUT2D eigenvalue weighted by Gasteiger charge is 2.62. The summed E-state index contributed by atoms with van der Waals surface area (Å²) in [6.45, 7) is 0. The van der Waals surface area contributed by atoms with Gasteiger partial charge < -0.3 is 19.5 Å². The number of aliphatic hydroxyl groups excluding tert-OH is 1. The van der Waals surface area contributed by atoms with E-state index in [0.717, 1.165) is 30.5 Å². The molecule has 1 aliphatic heterocycles. The second-order valence-corrected chi connectivity index (χ2v) is 11.4. The van der Waals surface area contributed by atoms with Gasteiger partial charge in [-0.05, 0) is 68.3 Å². The predicted molar refractivity (Wildman–Crippen MR) is 109 cm³/mol. The van der Waals surface area contributed by atoms with E-state index in [4.69, 9.17) is 4.52 Å². The fourth-order valence-corrected chi connectivity index (χ4v) is 8.41. The van der Waals surface area contributed by atoms with E-state index in [1.165, 1.54) is 6.07 Å². The van der Waals surface area contributed by atoms with Gasteiger partial charge in [-0.3, -0.25) is 4.52 Å². The highest BCUT2D eigenvalue weighted by Crippen LogP contribution is 2.67. The zero-order valence-corrected chi connectivity index (χ0v) is 17.9. The van der Waals surface area contributed by atoms with Crippen molar-refractivity contribution in [2.75, 3.05) is 0 Å². The van der Waals surface area contributed by atoms with Gasteiger partial charge in [0.2, 0.25) is 0 Å². The molecule has 4 unspecified atom stereocenters. The number of hydrogen-bond acceptors (Lipinski definition) is 4. The van der Waals surface area contributed by atoms with Gasteiger partial charge in [-0.1, -0.05) is 12.1 Å². The van der Waals surface area contributed by atoms with E-state index >= 15 is 0 Å². The number of fused-ring (bicyclic) bond motifs is 3. The molecule has 0 saturated heterocycles. The molecule has 9 heteroatoms. The van der Waals surface area contributed by atoms with E-state index in [1.54, 1.807) is 18.6 Å². The number of hydrogen-bond donors (Lipinski definition) is 3. The molecule has 166 valence electrons. The lowest BCUT2D eigenvalue weighted by molar-refractivity contribution is -0.191. The van der Waals surface area contributed by atoms with E-state index in [2.05, 4.69) is 4.98 Å². The summed E-state index contributed by atoms with van der Waals surface area (Å²) in [5.41, 5.74) is 0.904. The Kier molecular flexibility index (Phi) is 4.20. The zero-order valence-electron chi connectivity index (χ0n) is 17.0. The van der Waals surface area contributed by atoms with Gasteiger partial charge in [0.1, 0.15) is 5.82 Å². The SMILES string of the molecule is O=P(O)(O)OC12CC3CC(C1)CC(C(O)CC1c4c(F)cccc4-c4cncn41)(C3)C2. The van der Waals surface area contributed by atoms with Crippen molar-refractivity contribution in [2.24, 2.45) is 17.3 Å². The van der Waals surface area contributed by atoms with Crippen LogP contribution < -0.4 is 0 Å². The van der Waals surface area contributed by atoms with E-state index < -0.39 is 24.9 Å². The van der Waals surface area contributed by atoms with Crippen LogP contribution in [0.1, 0.15) is 56.6 Å². The molecule has 4 fully saturated rings. The quantitative estimate of drug-likeness (QED) is 0.601. The molecule has 1 aromatic heterocycles. The van der Waals surface area contributed by atoms with Crippen LogP contribution in [0.3, 0.4) is 0 Å². The molecule has 5 aliphatic rings. The third-order valence-electron chi connectivity index (χ3n) is 8.18. The van der Waals surface area contributed by atoms with Gasteiger partial charge >= 0.3 is 7.82 Å². The van der Waals surface area contributed by atoms with Crippen LogP contribution in [-0.4, -0.2) is 36.1 Å². The highest BCUT2D eigenvalue weighted by molar-refractivity contribution is 7.46. The second kappa shape index (κ2) is 6.49. The minimum Gasteiger partial charge on any atom is -0.392 e. The Hall–Kier alpha value is -1.57. The Morgan fingerprint density at radius 1 is 1.26 bits per heavy atom. The van der Waals surface area contributed by atoms with Crippen molar-refractivity contribution in [1.82, 2.24) is 9.55 Å². The van der Waals surface area contributed by atoms with Crippen LogP contribution in [0.25, 0.3) is 11.3 Å². The Labute approximate surface area is 179 Å². The fraction of sp³-hybridized carbons (Fsp3) is 0.591. The van der Waals surface area contributed by atoms with Gasteiger partial charge in [-0.2, -0.15) is 0 Å². The van der Waals surface area contributed by atoms with E-state index in [1.807, 2.05) is 10.6 Å². The molecular weight excluding hydrogens is 422 g/mol. The molecule has 0 amide bonds. The lowest BCUT2D eigenvalue weighted by Crippen LogP contribution is -2.60. The predicted octanol–water partition coefficient (Wildman–Crippen LogP) is 3.79. The molecule has 4 atom stereocenters. The number of imidazole rings is 1. The molecule has 4 saturated carbocycles. The first kappa shape index (κ1) is 20.1. The Morgan fingerprint density at radius 3 is 2.71 bits per heavy atom. The molecule has 31 heavy (non-hydrogen) atoms. The number of rotatable bonds is 5. The maximum absolute atomic E-state index is 14.8. The van der Waals surface area contributed by atoms with Crippen LogP contribution in [-0.2, 0) is 9.09 Å². The lowest BCUT2D eigenvalue weighted by Gasteiger charge is -2.62. The van der Waals surface area contributed by atoms with Gasteiger partial charge in [0, 0.05) is 11.1 Å². The summed E-state index contributed by atoms with van der Waals surface area (Å²) >= 11 is 0. The van der Waals surface area contributed by atoms with Crippen LogP contribution in [0.5, 0.6) is 0 Å². The standard InChI is InChI=1S/C22H26FN2O5P/c23-16-3-1-2-15-18-10-24-12-25(18)17(20(15)16)5-19(26)21-6-13-4-14(7-21)9-22(8-13,11-21)30-31(27,28)29/h1-3,10,12-14,17,19,26H,4-9,11H2,(H2,27,28,29). The summed E-state index contributed by atoms with van der Waals surface area (Å²) in [4.78, 5) is 23.3. The van der Waals surface area contributed by atoms with Crippen molar-refractivity contribution < 1.29 is 28.4 Å². The smallest absolute Gasteiger partial charge is 0.392 e. The maximum Gasteiger partial charge on any atom is 0.470 e. The van der Waals surface area contributed by atoms with E-state index in [-0.39, 0.29) is 11.9 Å². The summed E-state index contributed by atoms with van der Waals surface area (Å²) in [6.07, 6.45) is 7.38. The summed E-state index contributed by atoms with van der Waals surface area (Å²) in [5.74, 6) is 0.294. The van der Waals surface area contributed by atoms with Crippen LogP contribution in [0.4, 0.5) is 4.39 Å². The average molecular weight is 448 g/mol. The van der Waals surface area contributed by atoms with Crippen LogP contribution in [0, 0.1) is 23.1 Å². The number of nitrogens with zero attached hydrogens (tertiary/aromatic N) is 2. The number of halogens is 1. The average Bonchev–Trinajstić information content (AvgIpc) is 3.22. The molecule has 3 N–H and O–H groups in total. The first-order valence-electron chi connectivity index (χ1n) is 10.9. The molecule has 2 heterocycles. The van der Waals surface area contributed by atoms with Crippen LogP contribution in [0.15, 0.2) is 30.7 Å².